The van der Waals surface area contributed by atoms with E-state index in [2.05, 4.69) is 0 Å². The molecule has 0 saturated carbocycles. The van der Waals surface area contributed by atoms with Gasteiger partial charge in [0.25, 0.3) is 0 Å². The molecule has 15 heteroatoms. The summed E-state index contributed by atoms with van der Waals surface area (Å²) < 4.78 is 53.0. The quantitative estimate of drug-likeness (QED) is 0.0486. The molecule has 0 aliphatic rings. The van der Waals surface area contributed by atoms with E-state index in [0.717, 1.165) is 33.4 Å². The van der Waals surface area contributed by atoms with Crippen molar-refractivity contribution < 1.29 is 71.4 Å². The molecule has 0 fully saturated rings. The van der Waals surface area contributed by atoms with Crippen LogP contribution in [0.5, 0.6) is 34.5 Å². The first kappa shape index (κ1) is 77.1. The van der Waals surface area contributed by atoms with Crippen LogP contribution >= 0.6 is 0 Å². The van der Waals surface area contributed by atoms with Gasteiger partial charge in [0.1, 0.15) is 51.3 Å². The molecule has 0 spiro atoms. The van der Waals surface area contributed by atoms with Gasteiger partial charge in [-0.25, -0.2) is 28.8 Å². The van der Waals surface area contributed by atoms with E-state index in [1.54, 1.807) is 135 Å². The fourth-order valence-corrected chi connectivity index (χ4v) is 10.7. The lowest BCUT2D eigenvalue weighted by Crippen LogP contribution is -2.28. The van der Waals surface area contributed by atoms with Crippen molar-refractivity contribution in [2.24, 2.45) is 0 Å². The van der Waals surface area contributed by atoms with Crippen molar-refractivity contribution in [2.45, 2.75) is 236 Å². The third-order valence-corrected chi connectivity index (χ3v) is 15.7. The molecule has 99 heavy (non-hydrogen) atoms. The van der Waals surface area contributed by atoms with Crippen LogP contribution in [0.25, 0.3) is 33.4 Å². The van der Waals surface area contributed by atoms with Crippen molar-refractivity contribution in [3.05, 3.63) is 177 Å². The number of benzene rings is 7. The standard InChI is InChI=1S/C84H102O15/c1-76(2,3)61-43-58(44-62(77(4,5)6)67(61)94-73(88)97-82(19,20)21)91-70(85)52-34-28-49(29-35-52)55-40-56(50-30-36-53(37-31-50)71(86)92-59-45-63(78(7,8)9)68(64(46-59)79(10,11)12)95-74(89)98-83(22,23)24)42-57(41-55)51-32-38-54(39-33-51)72(87)93-60-47-65(80(13,14)15)69(66(48-60)81(16,17)18)96-75(90)99-84(25,26)27/h28-48H,1-27H3. The highest BCUT2D eigenvalue weighted by molar-refractivity contribution is 5.94. The molecule has 0 atom stereocenters. The van der Waals surface area contributed by atoms with E-state index >= 15 is 0 Å². The van der Waals surface area contributed by atoms with Crippen molar-refractivity contribution in [3.8, 4) is 67.9 Å². The molecule has 15 nitrogen and oxygen atoms in total. The van der Waals surface area contributed by atoms with Crippen LogP contribution in [0.15, 0.2) is 127 Å². The van der Waals surface area contributed by atoms with E-state index in [0.29, 0.717) is 50.6 Å². The lowest BCUT2D eigenvalue weighted by Gasteiger charge is -2.30. The summed E-state index contributed by atoms with van der Waals surface area (Å²) in [5.41, 5.74) is 3.76. The van der Waals surface area contributed by atoms with Crippen LogP contribution in [-0.4, -0.2) is 53.2 Å². The van der Waals surface area contributed by atoms with E-state index in [1.807, 2.05) is 179 Å². The summed E-state index contributed by atoms with van der Waals surface area (Å²) >= 11 is 0. The summed E-state index contributed by atoms with van der Waals surface area (Å²) in [6.45, 7) is 51.7. The Morgan fingerprint density at radius 3 is 0.545 bits per heavy atom. The van der Waals surface area contributed by atoms with Crippen LogP contribution in [0.2, 0.25) is 0 Å². The molecule has 0 aliphatic heterocycles. The number of ether oxygens (including phenoxy) is 9. The van der Waals surface area contributed by atoms with Gasteiger partial charge in [-0.15, -0.1) is 0 Å². The van der Waals surface area contributed by atoms with E-state index in [-0.39, 0.29) is 33.9 Å². The van der Waals surface area contributed by atoms with Gasteiger partial charge in [-0.3, -0.25) is 0 Å². The van der Waals surface area contributed by atoms with Gasteiger partial charge in [-0.2, -0.15) is 0 Å². The molecular formula is C84H102O15. The maximum absolute atomic E-state index is 14.2. The molecule has 0 radical (unpaired) electrons. The fourth-order valence-electron chi connectivity index (χ4n) is 10.7. The second-order valence-corrected chi connectivity index (χ2v) is 34.4. The molecule has 0 saturated heterocycles. The highest BCUT2D eigenvalue weighted by Gasteiger charge is 2.36. The molecule has 0 unspecified atom stereocenters. The van der Waals surface area contributed by atoms with Crippen molar-refractivity contribution in [2.75, 3.05) is 0 Å². The molecule has 0 bridgehead atoms. The zero-order chi connectivity index (χ0) is 74.3. The summed E-state index contributed by atoms with van der Waals surface area (Å²) in [4.78, 5) is 82.0. The van der Waals surface area contributed by atoms with Crippen LogP contribution in [0.4, 0.5) is 14.4 Å². The number of carbonyl (C=O) groups excluding carboxylic acids is 6. The van der Waals surface area contributed by atoms with Crippen molar-refractivity contribution >= 4 is 36.4 Å². The number of carbonyl (C=O) groups is 6. The third kappa shape index (κ3) is 20.7. The minimum atomic E-state index is -0.841. The van der Waals surface area contributed by atoms with Crippen molar-refractivity contribution in [1.29, 1.82) is 0 Å². The Kier molecular flexibility index (Phi) is 21.9. The lowest BCUT2D eigenvalue weighted by molar-refractivity contribution is 0.0185. The zero-order valence-corrected chi connectivity index (χ0v) is 63.2. The van der Waals surface area contributed by atoms with Gasteiger partial charge in [-0.1, -0.05) is 161 Å². The largest absolute Gasteiger partial charge is 0.514 e. The summed E-state index contributed by atoms with van der Waals surface area (Å²) in [5.74, 6) is 0.0822. The van der Waals surface area contributed by atoms with Gasteiger partial charge in [0.15, 0.2) is 0 Å². The first-order chi connectivity index (χ1) is 45.1. The van der Waals surface area contributed by atoms with Crippen molar-refractivity contribution in [1.82, 2.24) is 0 Å². The van der Waals surface area contributed by atoms with E-state index < -0.39 is 85.7 Å². The number of esters is 3. The molecule has 7 aromatic rings. The smallest absolute Gasteiger partial charge is 0.428 e. The lowest BCUT2D eigenvalue weighted by atomic mass is 9.79. The molecule has 0 heterocycles. The van der Waals surface area contributed by atoms with E-state index in [4.69, 9.17) is 42.6 Å². The first-order valence-corrected chi connectivity index (χ1v) is 33.6. The van der Waals surface area contributed by atoms with Gasteiger partial charge < -0.3 is 42.6 Å². The molecule has 7 aromatic carbocycles. The zero-order valence-electron chi connectivity index (χ0n) is 63.2. The minimum Gasteiger partial charge on any atom is -0.428 e. The Labute approximate surface area is 586 Å². The monoisotopic (exact) mass is 1350 g/mol. The highest BCUT2D eigenvalue weighted by atomic mass is 16.7. The van der Waals surface area contributed by atoms with Gasteiger partial charge in [0.05, 0.1) is 16.7 Å². The van der Waals surface area contributed by atoms with E-state index in [1.165, 1.54) is 0 Å². The molecule has 0 aliphatic carbocycles. The van der Waals surface area contributed by atoms with Gasteiger partial charge >= 0.3 is 36.4 Å². The Balaban J connectivity index is 1.26. The predicted molar refractivity (Wildman–Crippen MR) is 390 cm³/mol. The first-order valence-electron chi connectivity index (χ1n) is 33.6. The molecule has 0 aromatic heterocycles. The molecule has 0 amide bonds. The Hall–Kier alpha value is -9.24. The minimum absolute atomic E-state index is 0.279. The van der Waals surface area contributed by atoms with Gasteiger partial charge in [-0.05, 0) is 219 Å². The average Bonchev–Trinajstić information content (AvgIpc) is 0.838. The Morgan fingerprint density at radius 1 is 0.222 bits per heavy atom. The molecule has 0 N–H and O–H groups in total. The number of hydrogen-bond donors (Lipinski definition) is 0. The summed E-state index contributed by atoms with van der Waals surface area (Å²) in [6.07, 6.45) is -2.52. The Bertz CT molecular complexity index is 3630. The van der Waals surface area contributed by atoms with Crippen LogP contribution in [0, 0.1) is 0 Å². The highest BCUT2D eigenvalue weighted by Crippen LogP contribution is 2.47. The van der Waals surface area contributed by atoms with Crippen LogP contribution < -0.4 is 28.4 Å². The summed E-state index contributed by atoms with van der Waals surface area (Å²) in [7, 11) is 0. The van der Waals surface area contributed by atoms with Crippen LogP contribution in [-0.2, 0) is 46.7 Å². The van der Waals surface area contributed by atoms with Crippen LogP contribution in [0.3, 0.4) is 0 Å². The third-order valence-electron chi connectivity index (χ3n) is 15.7. The van der Waals surface area contributed by atoms with Crippen molar-refractivity contribution in [3.63, 3.8) is 0 Å². The maximum Gasteiger partial charge on any atom is 0.514 e. The van der Waals surface area contributed by atoms with Gasteiger partial charge in [0, 0.05) is 33.4 Å². The number of rotatable bonds is 12. The predicted octanol–water partition coefficient (Wildman–Crippen LogP) is 22.1. The molecule has 7 rings (SSSR count). The molecular weight excluding hydrogens is 1250 g/mol. The second kappa shape index (κ2) is 28.2. The maximum atomic E-state index is 14.2. The fraction of sp³-hybridized carbons (Fsp3) is 0.429. The SMILES string of the molecule is CC(C)(C)OC(=O)Oc1c(C(C)(C)C)cc(OC(=O)c2ccc(-c3cc(-c4ccc(C(=O)Oc5cc(C(C)(C)C)c(OC(=O)OC(C)(C)C)c(C(C)(C)C)c5)cc4)cc(-c4ccc(C(=O)Oc5cc(C(C)(C)C)c(OC(=O)OC(C)(C)C)c(C(C)(C)C)c5)cc4)c3)cc2)cc1C(C)(C)C. The number of hydrogen-bond acceptors (Lipinski definition) is 15. The summed E-state index contributed by atoms with van der Waals surface area (Å²) in [5, 5.41) is 0. The molecule has 528 valence electrons. The normalized spacial score (nSPS) is 12.6. The van der Waals surface area contributed by atoms with Gasteiger partial charge in [0.2, 0.25) is 0 Å². The Morgan fingerprint density at radius 2 is 0.394 bits per heavy atom. The second-order valence-electron chi connectivity index (χ2n) is 34.4. The topological polar surface area (TPSA) is 185 Å². The summed E-state index contributed by atoms with van der Waals surface area (Å²) in [6, 6.07) is 37.7. The van der Waals surface area contributed by atoms with E-state index in [9.17, 15) is 28.8 Å². The average molecular weight is 1350 g/mol. The van der Waals surface area contributed by atoms with Crippen LogP contribution in [0.1, 0.15) is 251 Å².